The first-order valence-electron chi connectivity index (χ1n) is 5.32. The van der Waals surface area contributed by atoms with Crippen LogP contribution in [0.15, 0.2) is 42.5 Å². The van der Waals surface area contributed by atoms with Crippen molar-refractivity contribution >= 4 is 11.6 Å². The van der Waals surface area contributed by atoms with Gasteiger partial charge in [-0.1, -0.05) is 29.8 Å². The fraction of sp³-hybridized carbons (Fsp3) is 0.143. The summed E-state index contributed by atoms with van der Waals surface area (Å²) in [6, 6.07) is 12.9. The zero-order valence-corrected chi connectivity index (χ0v) is 10.2. The predicted octanol–water partition coefficient (Wildman–Crippen LogP) is 3.93. The lowest BCUT2D eigenvalue weighted by Crippen LogP contribution is -1.95. The summed E-state index contributed by atoms with van der Waals surface area (Å²) in [7, 11) is 0. The Bertz CT molecular complexity index is 523. The minimum atomic E-state index is 0.0806. The topological polar surface area (TPSA) is 29.5 Å². The molecule has 0 atom stereocenters. The van der Waals surface area contributed by atoms with E-state index in [1.807, 2.05) is 37.3 Å². The average molecular weight is 249 g/mol. The first-order chi connectivity index (χ1) is 8.15. The number of rotatable bonds is 3. The zero-order chi connectivity index (χ0) is 12.3. The van der Waals surface area contributed by atoms with Crippen molar-refractivity contribution in [3.8, 4) is 11.5 Å². The zero-order valence-electron chi connectivity index (χ0n) is 9.48. The van der Waals surface area contributed by atoms with Gasteiger partial charge in [0.15, 0.2) is 0 Å². The summed E-state index contributed by atoms with van der Waals surface area (Å²) in [6.07, 6.45) is 0. The first kappa shape index (κ1) is 11.8. The molecular formula is C14H13ClO2. The molecule has 0 bridgehead atoms. The van der Waals surface area contributed by atoms with Crippen molar-refractivity contribution in [3.05, 3.63) is 58.6 Å². The number of phenolic OH excluding ortho intramolecular Hbond substituents is 1. The molecule has 0 heterocycles. The maximum Gasteiger partial charge on any atom is 0.134 e. The number of ether oxygens (including phenoxy) is 1. The van der Waals surface area contributed by atoms with E-state index in [1.54, 1.807) is 12.1 Å². The molecule has 2 aromatic rings. The van der Waals surface area contributed by atoms with Gasteiger partial charge in [0.25, 0.3) is 0 Å². The van der Waals surface area contributed by atoms with E-state index in [0.29, 0.717) is 11.6 Å². The number of benzene rings is 2. The molecule has 0 amide bonds. The van der Waals surface area contributed by atoms with E-state index in [2.05, 4.69) is 0 Å². The van der Waals surface area contributed by atoms with Gasteiger partial charge < -0.3 is 9.84 Å². The molecule has 0 aliphatic rings. The third kappa shape index (κ3) is 3.14. The number of aryl methyl sites for hydroxylation is 1. The van der Waals surface area contributed by atoms with Crippen molar-refractivity contribution in [1.82, 2.24) is 0 Å². The quantitative estimate of drug-likeness (QED) is 0.892. The first-order valence-corrected chi connectivity index (χ1v) is 5.70. The SMILES string of the molecule is Cc1cccc(OCc2ccc(Cl)c(O)c2)c1. The molecule has 0 radical (unpaired) electrons. The molecule has 0 saturated carbocycles. The molecule has 0 aliphatic heterocycles. The summed E-state index contributed by atoms with van der Waals surface area (Å²) in [6.45, 7) is 2.43. The Labute approximate surface area is 105 Å². The lowest BCUT2D eigenvalue weighted by atomic mass is 10.2. The van der Waals surface area contributed by atoms with Gasteiger partial charge in [0.1, 0.15) is 18.1 Å². The maximum atomic E-state index is 9.45. The number of aromatic hydroxyl groups is 1. The van der Waals surface area contributed by atoms with Crippen molar-refractivity contribution < 1.29 is 9.84 Å². The van der Waals surface area contributed by atoms with Crippen molar-refractivity contribution in [2.45, 2.75) is 13.5 Å². The van der Waals surface area contributed by atoms with Crippen LogP contribution in [-0.2, 0) is 6.61 Å². The Morgan fingerprint density at radius 1 is 1.18 bits per heavy atom. The highest BCUT2D eigenvalue weighted by molar-refractivity contribution is 6.31. The largest absolute Gasteiger partial charge is 0.506 e. The van der Waals surface area contributed by atoms with Gasteiger partial charge in [0.05, 0.1) is 5.02 Å². The van der Waals surface area contributed by atoms with E-state index in [4.69, 9.17) is 16.3 Å². The third-order valence-corrected chi connectivity index (χ3v) is 2.73. The summed E-state index contributed by atoms with van der Waals surface area (Å²) < 4.78 is 5.61. The van der Waals surface area contributed by atoms with E-state index in [9.17, 15) is 5.11 Å². The molecule has 17 heavy (non-hydrogen) atoms. The van der Waals surface area contributed by atoms with Crippen molar-refractivity contribution in [3.63, 3.8) is 0 Å². The summed E-state index contributed by atoms with van der Waals surface area (Å²) in [5.41, 5.74) is 2.04. The minimum absolute atomic E-state index is 0.0806. The fourth-order valence-electron chi connectivity index (χ4n) is 1.52. The molecule has 2 aromatic carbocycles. The van der Waals surface area contributed by atoms with Gasteiger partial charge >= 0.3 is 0 Å². The van der Waals surface area contributed by atoms with Gasteiger partial charge in [-0.15, -0.1) is 0 Å². The van der Waals surface area contributed by atoms with Crippen LogP contribution in [0.3, 0.4) is 0 Å². The van der Waals surface area contributed by atoms with Crippen LogP contribution in [0.25, 0.3) is 0 Å². The van der Waals surface area contributed by atoms with Crippen LogP contribution < -0.4 is 4.74 Å². The van der Waals surface area contributed by atoms with E-state index < -0.39 is 0 Å². The molecule has 1 N–H and O–H groups in total. The van der Waals surface area contributed by atoms with E-state index in [1.165, 1.54) is 0 Å². The average Bonchev–Trinajstić information content (AvgIpc) is 2.31. The van der Waals surface area contributed by atoms with Crippen LogP contribution in [0, 0.1) is 6.92 Å². The molecular weight excluding hydrogens is 236 g/mol. The standard InChI is InChI=1S/C14H13ClO2/c1-10-3-2-4-12(7-10)17-9-11-5-6-13(15)14(16)8-11/h2-8,16H,9H2,1H3. The van der Waals surface area contributed by atoms with Crippen molar-refractivity contribution in [1.29, 1.82) is 0 Å². The van der Waals surface area contributed by atoms with Crippen LogP contribution >= 0.6 is 11.6 Å². The Balaban J connectivity index is 2.05. The van der Waals surface area contributed by atoms with E-state index >= 15 is 0 Å². The second-order valence-electron chi connectivity index (χ2n) is 3.89. The molecule has 0 fully saturated rings. The normalized spacial score (nSPS) is 10.2. The summed E-state index contributed by atoms with van der Waals surface area (Å²) in [5, 5.41) is 9.81. The minimum Gasteiger partial charge on any atom is -0.506 e. The highest BCUT2D eigenvalue weighted by Crippen LogP contribution is 2.24. The molecule has 0 spiro atoms. The van der Waals surface area contributed by atoms with Crippen molar-refractivity contribution in [2.75, 3.05) is 0 Å². The van der Waals surface area contributed by atoms with Gasteiger partial charge in [-0.2, -0.15) is 0 Å². The van der Waals surface area contributed by atoms with Crippen LogP contribution in [0.2, 0.25) is 5.02 Å². The number of halogens is 1. The Kier molecular flexibility index (Phi) is 3.55. The molecule has 88 valence electrons. The van der Waals surface area contributed by atoms with Crippen molar-refractivity contribution in [2.24, 2.45) is 0 Å². The summed E-state index contributed by atoms with van der Waals surface area (Å²) in [5.74, 6) is 0.899. The molecule has 0 unspecified atom stereocenters. The monoisotopic (exact) mass is 248 g/mol. The molecule has 2 nitrogen and oxygen atoms in total. The van der Waals surface area contributed by atoms with Gasteiger partial charge in [-0.05, 0) is 42.3 Å². The lowest BCUT2D eigenvalue weighted by Gasteiger charge is -2.07. The Morgan fingerprint density at radius 2 is 2.00 bits per heavy atom. The van der Waals surface area contributed by atoms with Crippen LogP contribution in [0.4, 0.5) is 0 Å². The number of hydrogen-bond acceptors (Lipinski definition) is 2. The summed E-state index contributed by atoms with van der Waals surface area (Å²) in [4.78, 5) is 0. The van der Waals surface area contributed by atoms with Crippen LogP contribution in [0.1, 0.15) is 11.1 Å². The molecule has 0 aliphatic carbocycles. The Hall–Kier alpha value is -1.67. The number of phenols is 1. The maximum absolute atomic E-state index is 9.45. The van der Waals surface area contributed by atoms with E-state index in [-0.39, 0.29) is 5.75 Å². The van der Waals surface area contributed by atoms with E-state index in [0.717, 1.165) is 16.9 Å². The van der Waals surface area contributed by atoms with Gasteiger partial charge in [0.2, 0.25) is 0 Å². The second kappa shape index (κ2) is 5.11. The lowest BCUT2D eigenvalue weighted by molar-refractivity contribution is 0.305. The second-order valence-corrected chi connectivity index (χ2v) is 4.30. The molecule has 0 aromatic heterocycles. The number of hydrogen-bond donors (Lipinski definition) is 1. The predicted molar refractivity (Wildman–Crippen MR) is 68.6 cm³/mol. The Morgan fingerprint density at radius 3 is 2.71 bits per heavy atom. The smallest absolute Gasteiger partial charge is 0.134 e. The fourth-order valence-corrected chi connectivity index (χ4v) is 1.64. The molecule has 2 rings (SSSR count). The van der Waals surface area contributed by atoms with Gasteiger partial charge in [-0.25, -0.2) is 0 Å². The van der Waals surface area contributed by atoms with Crippen LogP contribution in [-0.4, -0.2) is 5.11 Å². The highest BCUT2D eigenvalue weighted by atomic mass is 35.5. The van der Waals surface area contributed by atoms with Crippen LogP contribution in [0.5, 0.6) is 11.5 Å². The van der Waals surface area contributed by atoms with Gasteiger partial charge in [-0.3, -0.25) is 0 Å². The highest BCUT2D eigenvalue weighted by Gasteiger charge is 2.01. The molecule has 3 heteroatoms. The third-order valence-electron chi connectivity index (χ3n) is 2.41. The summed E-state index contributed by atoms with van der Waals surface area (Å²) >= 11 is 5.73. The molecule has 0 saturated heterocycles. The van der Waals surface area contributed by atoms with Gasteiger partial charge in [0, 0.05) is 0 Å².